The van der Waals surface area contributed by atoms with E-state index in [4.69, 9.17) is 4.74 Å². The summed E-state index contributed by atoms with van der Waals surface area (Å²) in [6.07, 6.45) is -2.06. The third kappa shape index (κ3) is 3.84. The highest BCUT2D eigenvalue weighted by atomic mass is 32.2. The Labute approximate surface area is 168 Å². The van der Waals surface area contributed by atoms with Crippen LogP contribution in [-0.2, 0) is 11.2 Å². The molecule has 6 atom stereocenters. The first kappa shape index (κ1) is 19.9. The number of aliphatic hydroxyl groups excluding tert-OH is 3. The maximum atomic E-state index is 13.6. The van der Waals surface area contributed by atoms with Crippen molar-refractivity contribution in [1.82, 2.24) is 0 Å². The van der Waals surface area contributed by atoms with Crippen molar-refractivity contribution in [3.63, 3.8) is 0 Å². The molecule has 5 unspecified atom stereocenters. The van der Waals surface area contributed by atoms with E-state index in [-0.39, 0.29) is 24.8 Å². The van der Waals surface area contributed by atoms with Crippen LogP contribution in [0.5, 0.6) is 0 Å². The van der Waals surface area contributed by atoms with Crippen LogP contribution in [0.3, 0.4) is 0 Å². The first-order chi connectivity index (χ1) is 13.5. The zero-order chi connectivity index (χ0) is 19.8. The van der Waals surface area contributed by atoms with Crippen molar-refractivity contribution in [3.8, 4) is 0 Å². The first-order valence-corrected chi connectivity index (χ1v) is 10.5. The van der Waals surface area contributed by atoms with Gasteiger partial charge in [0.25, 0.3) is 0 Å². The van der Waals surface area contributed by atoms with Gasteiger partial charge in [0.05, 0.1) is 18.8 Å². The highest BCUT2D eigenvalue weighted by molar-refractivity contribution is 8.00. The lowest BCUT2D eigenvalue weighted by molar-refractivity contribution is -0.179. The summed E-state index contributed by atoms with van der Waals surface area (Å²) in [6.45, 7) is 1.94. The molecule has 0 radical (unpaired) electrons. The van der Waals surface area contributed by atoms with Crippen LogP contribution in [0.1, 0.15) is 42.1 Å². The van der Waals surface area contributed by atoms with Crippen LogP contribution in [0.2, 0.25) is 0 Å². The van der Waals surface area contributed by atoms with Gasteiger partial charge in [-0.2, -0.15) is 0 Å². The maximum absolute atomic E-state index is 13.6. The van der Waals surface area contributed by atoms with E-state index in [9.17, 15) is 19.7 Å². The van der Waals surface area contributed by atoms with E-state index < -0.39 is 24.4 Å². The highest BCUT2D eigenvalue weighted by Crippen LogP contribution is 2.46. The molecular weight excluding hydrogens is 379 g/mol. The Kier molecular flexibility index (Phi) is 5.76. The molecule has 150 valence electrons. The minimum atomic E-state index is -1.02. The van der Waals surface area contributed by atoms with Crippen molar-refractivity contribution >= 4 is 11.8 Å². The summed E-state index contributed by atoms with van der Waals surface area (Å²) >= 11 is 1.77. The molecule has 0 aliphatic carbocycles. The second kappa shape index (κ2) is 8.13. The molecule has 28 heavy (non-hydrogen) atoms. The Hall–Kier alpha value is -1.44. The van der Waals surface area contributed by atoms with Gasteiger partial charge in [-0.05, 0) is 47.2 Å². The second-order valence-corrected chi connectivity index (χ2v) is 9.01. The summed E-state index contributed by atoms with van der Waals surface area (Å²) in [4.78, 5) is 1.13. The largest absolute Gasteiger partial charge is 0.394 e. The summed E-state index contributed by atoms with van der Waals surface area (Å²) in [7, 11) is 0. The standard InChI is InChI=1S/C22H25FO4S/c1-12-17-9-15(23)5-6-19(17)28-20(12)8-13-3-2-4-14(7-13)22-21(26)18(25)10-16(11-24)27-22/h2-7,9,12,16,18,20-22,24-26H,8,10-11H2,1H3/t12?,16?,18?,20?,21-,22?/m1/s1. The molecule has 1 saturated heterocycles. The molecule has 2 aliphatic heterocycles. The molecule has 4 nitrogen and oxygen atoms in total. The summed E-state index contributed by atoms with van der Waals surface area (Å²) < 4.78 is 19.4. The Morgan fingerprint density at radius 2 is 2.00 bits per heavy atom. The lowest BCUT2D eigenvalue weighted by Crippen LogP contribution is -2.44. The van der Waals surface area contributed by atoms with Crippen LogP contribution >= 0.6 is 11.8 Å². The zero-order valence-corrected chi connectivity index (χ0v) is 16.5. The van der Waals surface area contributed by atoms with Gasteiger partial charge in [-0.3, -0.25) is 0 Å². The van der Waals surface area contributed by atoms with Crippen molar-refractivity contribution in [2.75, 3.05) is 6.61 Å². The monoisotopic (exact) mass is 404 g/mol. The van der Waals surface area contributed by atoms with Crippen LogP contribution in [0.4, 0.5) is 4.39 Å². The molecule has 0 bridgehead atoms. The van der Waals surface area contributed by atoms with Crippen LogP contribution in [0.25, 0.3) is 0 Å². The molecule has 3 N–H and O–H groups in total. The Balaban J connectivity index is 1.52. The number of aliphatic hydroxyl groups is 3. The van der Waals surface area contributed by atoms with Gasteiger partial charge < -0.3 is 20.1 Å². The molecule has 0 spiro atoms. The number of halogens is 1. The quantitative estimate of drug-likeness (QED) is 0.730. The van der Waals surface area contributed by atoms with Gasteiger partial charge in [0.2, 0.25) is 0 Å². The molecule has 0 amide bonds. The normalized spacial score (nSPS) is 32.3. The van der Waals surface area contributed by atoms with E-state index in [2.05, 4.69) is 6.92 Å². The number of ether oxygens (including phenoxy) is 1. The van der Waals surface area contributed by atoms with Gasteiger partial charge in [0.15, 0.2) is 0 Å². The smallest absolute Gasteiger partial charge is 0.123 e. The van der Waals surface area contributed by atoms with Gasteiger partial charge >= 0.3 is 0 Å². The Morgan fingerprint density at radius 1 is 1.18 bits per heavy atom. The molecule has 4 rings (SSSR count). The van der Waals surface area contributed by atoms with Gasteiger partial charge in [0.1, 0.15) is 18.0 Å². The van der Waals surface area contributed by atoms with Gasteiger partial charge in [-0.1, -0.05) is 31.2 Å². The topological polar surface area (TPSA) is 69.9 Å². The number of benzene rings is 2. The third-order valence-corrected chi connectivity index (χ3v) is 7.27. The average Bonchev–Trinajstić information content (AvgIpc) is 2.99. The van der Waals surface area contributed by atoms with Crippen molar-refractivity contribution in [2.45, 2.75) is 60.2 Å². The SMILES string of the molecule is CC1c2cc(F)ccc2SC1Cc1cccc(C2OC(CO)CC(O)[C@H]2O)c1. The minimum absolute atomic E-state index is 0.189. The first-order valence-electron chi connectivity index (χ1n) is 9.63. The summed E-state index contributed by atoms with van der Waals surface area (Å²) in [5.41, 5.74) is 2.96. The fourth-order valence-corrected chi connectivity index (χ4v) is 5.62. The molecule has 0 aromatic heterocycles. The molecule has 2 heterocycles. The van der Waals surface area contributed by atoms with E-state index in [1.165, 1.54) is 6.07 Å². The Bertz CT molecular complexity index is 845. The summed E-state index contributed by atoms with van der Waals surface area (Å²) in [5, 5.41) is 30.2. The van der Waals surface area contributed by atoms with Crippen molar-refractivity contribution in [2.24, 2.45) is 0 Å². The lowest BCUT2D eigenvalue weighted by Gasteiger charge is -2.37. The van der Waals surface area contributed by atoms with Gasteiger partial charge in [0, 0.05) is 16.6 Å². The molecule has 2 aliphatic rings. The lowest BCUT2D eigenvalue weighted by atomic mass is 9.90. The van der Waals surface area contributed by atoms with Crippen LogP contribution in [-0.4, -0.2) is 45.5 Å². The van der Waals surface area contributed by atoms with E-state index in [0.717, 1.165) is 28.0 Å². The predicted molar refractivity (Wildman–Crippen MR) is 106 cm³/mol. The molecule has 2 aromatic rings. The number of rotatable bonds is 4. The molecule has 1 fully saturated rings. The minimum Gasteiger partial charge on any atom is -0.394 e. The third-order valence-electron chi connectivity index (χ3n) is 5.77. The van der Waals surface area contributed by atoms with Crippen molar-refractivity contribution < 1.29 is 24.4 Å². The van der Waals surface area contributed by atoms with E-state index in [1.807, 2.05) is 30.3 Å². The van der Waals surface area contributed by atoms with Crippen LogP contribution < -0.4 is 0 Å². The van der Waals surface area contributed by atoms with Gasteiger partial charge in [-0.15, -0.1) is 11.8 Å². The highest BCUT2D eigenvalue weighted by Gasteiger charge is 2.37. The molecule has 0 saturated carbocycles. The average molecular weight is 405 g/mol. The fourth-order valence-electron chi connectivity index (χ4n) is 4.14. The van der Waals surface area contributed by atoms with Crippen molar-refractivity contribution in [1.29, 1.82) is 0 Å². The molecule has 2 aromatic carbocycles. The fraction of sp³-hybridized carbons (Fsp3) is 0.455. The second-order valence-electron chi connectivity index (χ2n) is 7.73. The zero-order valence-electron chi connectivity index (χ0n) is 15.7. The molecule has 6 heteroatoms. The van der Waals surface area contributed by atoms with Crippen LogP contribution in [0.15, 0.2) is 47.4 Å². The maximum Gasteiger partial charge on any atom is 0.123 e. The van der Waals surface area contributed by atoms with E-state index in [1.54, 1.807) is 17.8 Å². The Morgan fingerprint density at radius 3 is 2.79 bits per heavy atom. The number of fused-ring (bicyclic) bond motifs is 1. The van der Waals surface area contributed by atoms with E-state index in [0.29, 0.717) is 5.25 Å². The number of thioether (sulfide) groups is 1. The summed E-state index contributed by atoms with van der Waals surface area (Å²) in [6, 6.07) is 12.8. The van der Waals surface area contributed by atoms with Gasteiger partial charge in [-0.25, -0.2) is 4.39 Å². The van der Waals surface area contributed by atoms with E-state index >= 15 is 0 Å². The molecular formula is C22H25FO4S. The van der Waals surface area contributed by atoms with Crippen LogP contribution in [0, 0.1) is 5.82 Å². The van der Waals surface area contributed by atoms with Crippen molar-refractivity contribution in [3.05, 3.63) is 65.0 Å². The predicted octanol–water partition coefficient (Wildman–Crippen LogP) is 3.19. The number of hydrogen-bond donors (Lipinski definition) is 3. The number of hydrogen-bond acceptors (Lipinski definition) is 5. The summed E-state index contributed by atoms with van der Waals surface area (Å²) in [5.74, 6) is 0.0470.